The molecule has 0 spiro atoms. The van der Waals surface area contributed by atoms with E-state index in [4.69, 9.17) is 16.3 Å². The van der Waals surface area contributed by atoms with Crippen LogP contribution in [0.4, 0.5) is 14.5 Å². The summed E-state index contributed by atoms with van der Waals surface area (Å²) in [5, 5.41) is 2.74. The Morgan fingerprint density at radius 3 is 2.62 bits per heavy atom. The Kier molecular flexibility index (Phi) is 5.14. The molecular formula is C14H9BrClF2NO2. The van der Waals surface area contributed by atoms with E-state index in [-0.39, 0.29) is 12.3 Å². The fourth-order valence-corrected chi connectivity index (χ4v) is 2.23. The molecule has 0 aliphatic rings. The number of hydrogen-bond donors (Lipinski definition) is 1. The molecule has 0 bridgehead atoms. The highest BCUT2D eigenvalue weighted by Gasteiger charge is 2.08. The van der Waals surface area contributed by atoms with Crippen LogP contribution < -0.4 is 10.1 Å². The van der Waals surface area contributed by atoms with E-state index in [0.29, 0.717) is 10.8 Å². The second-order valence-corrected chi connectivity index (χ2v) is 5.36. The van der Waals surface area contributed by atoms with Crippen molar-refractivity contribution in [2.45, 2.75) is 0 Å². The molecule has 0 aliphatic heterocycles. The summed E-state index contributed by atoms with van der Waals surface area (Å²) in [6, 6.07) is 8.02. The lowest BCUT2D eigenvalue weighted by molar-refractivity contribution is -0.118. The van der Waals surface area contributed by atoms with E-state index >= 15 is 0 Å². The number of carbonyl (C=O) groups is 1. The van der Waals surface area contributed by atoms with E-state index in [1.54, 1.807) is 18.2 Å². The average Bonchev–Trinajstić information content (AvgIpc) is 2.42. The molecule has 0 atom stereocenters. The van der Waals surface area contributed by atoms with Crippen LogP contribution in [-0.4, -0.2) is 12.5 Å². The van der Waals surface area contributed by atoms with Crippen molar-refractivity contribution in [1.82, 2.24) is 0 Å². The normalized spacial score (nSPS) is 10.3. The van der Waals surface area contributed by atoms with E-state index in [0.717, 1.165) is 16.6 Å². The number of halogens is 4. The number of benzene rings is 2. The largest absolute Gasteiger partial charge is 0.482 e. The highest BCUT2D eigenvalue weighted by molar-refractivity contribution is 9.10. The number of rotatable bonds is 4. The van der Waals surface area contributed by atoms with Crippen molar-refractivity contribution in [1.29, 1.82) is 0 Å². The van der Waals surface area contributed by atoms with Crippen LogP contribution in [0.2, 0.25) is 5.02 Å². The van der Waals surface area contributed by atoms with Crippen LogP contribution in [0.1, 0.15) is 0 Å². The minimum Gasteiger partial charge on any atom is -0.482 e. The Labute approximate surface area is 133 Å². The van der Waals surface area contributed by atoms with Gasteiger partial charge in [-0.3, -0.25) is 4.79 Å². The van der Waals surface area contributed by atoms with Gasteiger partial charge in [-0.05, 0) is 30.3 Å². The molecule has 0 saturated carbocycles. The predicted molar refractivity (Wildman–Crippen MR) is 79.6 cm³/mol. The maximum absolute atomic E-state index is 13.0. The van der Waals surface area contributed by atoms with E-state index in [1.165, 1.54) is 6.07 Å². The highest BCUT2D eigenvalue weighted by Crippen LogP contribution is 2.27. The van der Waals surface area contributed by atoms with Gasteiger partial charge in [0.25, 0.3) is 5.91 Å². The van der Waals surface area contributed by atoms with Gasteiger partial charge in [-0.25, -0.2) is 8.78 Å². The summed E-state index contributed by atoms with van der Waals surface area (Å²) in [5.41, 5.74) is 0.143. The molecule has 0 radical (unpaired) electrons. The van der Waals surface area contributed by atoms with Gasteiger partial charge in [0.15, 0.2) is 18.2 Å². The van der Waals surface area contributed by atoms with Gasteiger partial charge in [-0.1, -0.05) is 27.5 Å². The molecule has 110 valence electrons. The Balaban J connectivity index is 1.94. The van der Waals surface area contributed by atoms with Crippen LogP contribution in [0, 0.1) is 11.6 Å². The maximum atomic E-state index is 13.0. The molecule has 0 unspecified atom stereocenters. The number of amides is 1. The first-order chi connectivity index (χ1) is 9.95. The van der Waals surface area contributed by atoms with E-state index in [2.05, 4.69) is 21.2 Å². The zero-order chi connectivity index (χ0) is 15.4. The third-order valence-corrected chi connectivity index (χ3v) is 3.24. The Hall–Kier alpha value is -1.66. The second-order valence-electron chi connectivity index (χ2n) is 4.04. The Bertz CT molecular complexity index is 682. The molecule has 2 aromatic carbocycles. The topological polar surface area (TPSA) is 38.3 Å². The van der Waals surface area contributed by atoms with Crippen molar-refractivity contribution in [2.24, 2.45) is 0 Å². The first-order valence-corrected chi connectivity index (χ1v) is 6.95. The van der Waals surface area contributed by atoms with Crippen LogP contribution in [0.5, 0.6) is 5.75 Å². The summed E-state index contributed by atoms with van der Waals surface area (Å²) in [5.74, 6) is -2.18. The van der Waals surface area contributed by atoms with Crippen LogP contribution in [0.3, 0.4) is 0 Å². The number of hydrogen-bond acceptors (Lipinski definition) is 2. The predicted octanol–water partition coefficient (Wildman–Crippen LogP) is 4.40. The van der Waals surface area contributed by atoms with Gasteiger partial charge >= 0.3 is 0 Å². The SMILES string of the molecule is O=C(COc1ccc(Br)cc1Cl)Nc1ccc(F)c(F)c1. The summed E-state index contributed by atoms with van der Waals surface area (Å²) in [6.45, 7) is -0.305. The van der Waals surface area contributed by atoms with Gasteiger partial charge in [0.05, 0.1) is 5.02 Å². The number of ether oxygens (including phenoxy) is 1. The lowest BCUT2D eigenvalue weighted by Crippen LogP contribution is -2.20. The number of nitrogens with one attached hydrogen (secondary N) is 1. The van der Waals surface area contributed by atoms with Crippen molar-refractivity contribution < 1.29 is 18.3 Å². The lowest BCUT2D eigenvalue weighted by Gasteiger charge is -2.09. The summed E-state index contributed by atoms with van der Waals surface area (Å²) in [7, 11) is 0. The minimum absolute atomic E-state index is 0.143. The number of anilines is 1. The van der Waals surface area contributed by atoms with Gasteiger partial charge in [-0.15, -0.1) is 0 Å². The van der Waals surface area contributed by atoms with Gasteiger partial charge in [-0.2, -0.15) is 0 Å². The lowest BCUT2D eigenvalue weighted by atomic mass is 10.3. The first-order valence-electron chi connectivity index (χ1n) is 5.78. The van der Waals surface area contributed by atoms with Crippen molar-refractivity contribution in [3.8, 4) is 5.75 Å². The third-order valence-electron chi connectivity index (χ3n) is 2.46. The summed E-state index contributed by atoms with van der Waals surface area (Å²) < 4.78 is 31.8. The molecule has 3 nitrogen and oxygen atoms in total. The van der Waals surface area contributed by atoms with Crippen molar-refractivity contribution in [3.05, 3.63) is 57.5 Å². The molecule has 1 N–H and O–H groups in total. The van der Waals surface area contributed by atoms with Crippen LogP contribution in [0.25, 0.3) is 0 Å². The van der Waals surface area contributed by atoms with Crippen molar-refractivity contribution in [3.63, 3.8) is 0 Å². The van der Waals surface area contributed by atoms with Gasteiger partial charge in [0.1, 0.15) is 5.75 Å². The summed E-state index contributed by atoms with van der Waals surface area (Å²) in [6.07, 6.45) is 0. The molecule has 2 aromatic rings. The molecular weight excluding hydrogens is 368 g/mol. The van der Waals surface area contributed by atoms with Crippen LogP contribution in [0.15, 0.2) is 40.9 Å². The smallest absolute Gasteiger partial charge is 0.262 e. The zero-order valence-corrected chi connectivity index (χ0v) is 12.8. The quantitative estimate of drug-likeness (QED) is 0.859. The van der Waals surface area contributed by atoms with Gasteiger partial charge < -0.3 is 10.1 Å². The molecule has 0 fully saturated rings. The van der Waals surface area contributed by atoms with Crippen molar-refractivity contribution >= 4 is 39.1 Å². The van der Waals surface area contributed by atoms with Gasteiger partial charge in [0, 0.05) is 16.2 Å². The average molecular weight is 377 g/mol. The molecule has 0 heterocycles. The Morgan fingerprint density at radius 1 is 1.19 bits per heavy atom. The third kappa shape index (κ3) is 4.41. The zero-order valence-electron chi connectivity index (χ0n) is 10.5. The van der Waals surface area contributed by atoms with E-state index < -0.39 is 17.5 Å². The maximum Gasteiger partial charge on any atom is 0.262 e. The molecule has 0 saturated heterocycles. The fourth-order valence-electron chi connectivity index (χ4n) is 1.51. The molecule has 7 heteroatoms. The fraction of sp³-hybridized carbons (Fsp3) is 0.0714. The van der Waals surface area contributed by atoms with Crippen LogP contribution >= 0.6 is 27.5 Å². The minimum atomic E-state index is -1.04. The number of carbonyl (C=O) groups excluding carboxylic acids is 1. The van der Waals surface area contributed by atoms with E-state index in [1.807, 2.05) is 0 Å². The monoisotopic (exact) mass is 375 g/mol. The molecule has 0 aromatic heterocycles. The second kappa shape index (κ2) is 6.87. The van der Waals surface area contributed by atoms with Gasteiger partial charge in [0.2, 0.25) is 0 Å². The summed E-state index contributed by atoms with van der Waals surface area (Å²) in [4.78, 5) is 11.7. The highest BCUT2D eigenvalue weighted by atomic mass is 79.9. The van der Waals surface area contributed by atoms with E-state index in [9.17, 15) is 13.6 Å². The molecule has 2 rings (SSSR count). The standard InChI is InChI=1S/C14H9BrClF2NO2/c15-8-1-4-13(10(16)5-8)21-7-14(20)19-9-2-3-11(17)12(18)6-9/h1-6H,7H2,(H,19,20). The Morgan fingerprint density at radius 2 is 1.95 bits per heavy atom. The van der Waals surface area contributed by atoms with Crippen LogP contribution in [-0.2, 0) is 4.79 Å². The molecule has 1 amide bonds. The summed E-state index contributed by atoms with van der Waals surface area (Å²) >= 11 is 9.18. The first kappa shape index (κ1) is 15.7. The molecule has 21 heavy (non-hydrogen) atoms. The van der Waals surface area contributed by atoms with Crippen molar-refractivity contribution in [2.75, 3.05) is 11.9 Å². The molecule has 0 aliphatic carbocycles.